The Kier molecular flexibility index (Phi) is 2.52. The van der Waals surface area contributed by atoms with Gasteiger partial charge in [0.2, 0.25) is 5.91 Å². The van der Waals surface area contributed by atoms with Crippen molar-refractivity contribution in [3.05, 3.63) is 59.8 Å². The van der Waals surface area contributed by atoms with E-state index in [0.717, 1.165) is 23.4 Å². The van der Waals surface area contributed by atoms with Crippen LogP contribution in [0.15, 0.2) is 59.8 Å². The molecule has 0 unspecified atom stereocenters. The Morgan fingerprint density at radius 2 is 1.94 bits per heavy atom. The van der Waals surface area contributed by atoms with Crippen LogP contribution in [0.25, 0.3) is 0 Å². The van der Waals surface area contributed by atoms with E-state index in [1.807, 2.05) is 12.2 Å². The first-order valence-corrected chi connectivity index (χ1v) is 5.94. The minimum atomic E-state index is 0.0773. The Balaban J connectivity index is 2.05. The third-order valence-corrected chi connectivity index (χ3v) is 3.16. The number of amides is 1. The van der Waals surface area contributed by atoms with Crippen LogP contribution >= 0.6 is 0 Å². The molecule has 3 heteroatoms. The first-order chi connectivity index (χ1) is 8.75. The molecule has 3 rings (SSSR count). The van der Waals surface area contributed by atoms with Gasteiger partial charge in [0.1, 0.15) is 5.75 Å². The number of allylic oxidation sites excluding steroid dienone is 5. The van der Waals surface area contributed by atoms with Gasteiger partial charge in [-0.05, 0) is 42.3 Å². The van der Waals surface area contributed by atoms with Crippen molar-refractivity contribution < 1.29 is 9.90 Å². The number of nitrogens with zero attached hydrogens (tertiary/aromatic N) is 1. The number of phenols is 1. The van der Waals surface area contributed by atoms with Gasteiger partial charge in [0.15, 0.2) is 0 Å². The first-order valence-electron chi connectivity index (χ1n) is 5.94. The molecule has 0 saturated carbocycles. The summed E-state index contributed by atoms with van der Waals surface area (Å²) in [5.41, 5.74) is 2.82. The molecule has 1 saturated heterocycles. The van der Waals surface area contributed by atoms with Gasteiger partial charge in [0, 0.05) is 5.69 Å². The van der Waals surface area contributed by atoms with Crippen molar-refractivity contribution in [1.82, 2.24) is 0 Å². The lowest BCUT2D eigenvalue weighted by Gasteiger charge is -2.18. The summed E-state index contributed by atoms with van der Waals surface area (Å²) >= 11 is 0. The van der Waals surface area contributed by atoms with Crippen LogP contribution in [0, 0.1) is 0 Å². The van der Waals surface area contributed by atoms with E-state index in [1.54, 1.807) is 29.2 Å². The van der Waals surface area contributed by atoms with E-state index in [2.05, 4.69) is 12.2 Å². The van der Waals surface area contributed by atoms with E-state index in [-0.39, 0.29) is 11.7 Å². The molecule has 0 aromatic heterocycles. The molecule has 1 heterocycles. The Hall–Kier alpha value is -2.29. The molecule has 0 spiro atoms. The second kappa shape index (κ2) is 4.18. The molecule has 1 aromatic carbocycles. The van der Waals surface area contributed by atoms with Crippen LogP contribution in [0.5, 0.6) is 5.75 Å². The van der Waals surface area contributed by atoms with Crippen LogP contribution in [0.4, 0.5) is 5.69 Å². The average Bonchev–Trinajstić information content (AvgIpc) is 2.54. The highest BCUT2D eigenvalue weighted by Crippen LogP contribution is 2.35. The predicted octanol–water partition coefficient (Wildman–Crippen LogP) is 2.90. The molecule has 1 aliphatic carbocycles. The number of benzene rings is 1. The molecule has 2 aliphatic rings. The normalized spacial score (nSPS) is 18.2. The number of carbonyl (C=O) groups is 1. The number of aromatic hydroxyl groups is 1. The number of rotatable bonds is 1. The lowest BCUT2D eigenvalue weighted by molar-refractivity contribution is -0.116. The molecule has 1 amide bonds. The second-order valence-corrected chi connectivity index (χ2v) is 4.37. The molecule has 1 aliphatic heterocycles. The van der Waals surface area contributed by atoms with Gasteiger partial charge in [-0.2, -0.15) is 0 Å². The summed E-state index contributed by atoms with van der Waals surface area (Å²) in [7, 11) is 0. The van der Waals surface area contributed by atoms with Crippen molar-refractivity contribution >= 4 is 11.6 Å². The molecule has 1 N–H and O–H groups in total. The maximum Gasteiger partial charge on any atom is 0.236 e. The number of hydrogen-bond acceptors (Lipinski definition) is 2. The van der Waals surface area contributed by atoms with E-state index < -0.39 is 0 Å². The minimum Gasteiger partial charge on any atom is -0.508 e. The van der Waals surface area contributed by atoms with Gasteiger partial charge in [-0.1, -0.05) is 18.2 Å². The monoisotopic (exact) mass is 239 g/mol. The summed E-state index contributed by atoms with van der Waals surface area (Å²) in [6.07, 6.45) is 9.42. The van der Waals surface area contributed by atoms with Gasteiger partial charge in [-0.15, -0.1) is 0 Å². The predicted molar refractivity (Wildman–Crippen MR) is 70.1 cm³/mol. The zero-order valence-electron chi connectivity index (χ0n) is 9.84. The number of anilines is 1. The van der Waals surface area contributed by atoms with Crippen molar-refractivity contribution in [2.75, 3.05) is 4.90 Å². The fourth-order valence-corrected chi connectivity index (χ4v) is 2.30. The summed E-state index contributed by atoms with van der Waals surface area (Å²) in [5, 5.41) is 9.30. The van der Waals surface area contributed by atoms with Gasteiger partial charge in [0.25, 0.3) is 0 Å². The number of phenolic OH excluding ortho intramolecular Hbond substituents is 1. The number of fused-ring (bicyclic) bond motifs is 1. The van der Waals surface area contributed by atoms with E-state index >= 15 is 0 Å². The highest BCUT2D eigenvalue weighted by Gasteiger charge is 2.31. The molecule has 90 valence electrons. The SMILES string of the molecule is O=C1CC2=CCC=CC=C2N1c1ccc(O)cc1. The summed E-state index contributed by atoms with van der Waals surface area (Å²) in [4.78, 5) is 13.8. The molecular formula is C15H13NO2. The molecule has 0 radical (unpaired) electrons. The smallest absolute Gasteiger partial charge is 0.236 e. The molecule has 0 atom stereocenters. The standard InChI is InChI=1S/C15H13NO2/c17-13-8-6-12(7-9-13)16-14-5-3-1-2-4-11(14)10-15(16)18/h1,3-9,17H,2,10H2. The van der Waals surface area contributed by atoms with Gasteiger partial charge in [-0.3, -0.25) is 9.69 Å². The number of carbonyl (C=O) groups excluding carboxylic acids is 1. The van der Waals surface area contributed by atoms with E-state index in [9.17, 15) is 9.90 Å². The quantitative estimate of drug-likeness (QED) is 0.818. The minimum absolute atomic E-state index is 0.0773. The van der Waals surface area contributed by atoms with E-state index in [0.29, 0.717) is 6.42 Å². The number of hydrogen-bond donors (Lipinski definition) is 1. The highest BCUT2D eigenvalue weighted by molar-refractivity contribution is 6.03. The summed E-state index contributed by atoms with van der Waals surface area (Å²) in [5.74, 6) is 0.282. The molecule has 3 nitrogen and oxygen atoms in total. The fraction of sp³-hybridized carbons (Fsp3) is 0.133. The van der Waals surface area contributed by atoms with Crippen molar-refractivity contribution in [3.8, 4) is 5.75 Å². The summed E-state index contributed by atoms with van der Waals surface area (Å²) < 4.78 is 0. The van der Waals surface area contributed by atoms with Gasteiger partial charge in [0.05, 0.1) is 12.1 Å². The zero-order chi connectivity index (χ0) is 12.5. The summed E-state index contributed by atoms with van der Waals surface area (Å²) in [6.45, 7) is 0. The molecule has 18 heavy (non-hydrogen) atoms. The molecule has 0 bridgehead atoms. The third-order valence-electron chi connectivity index (χ3n) is 3.16. The van der Waals surface area contributed by atoms with Crippen LogP contribution in [-0.4, -0.2) is 11.0 Å². The Bertz CT molecular complexity index is 579. The van der Waals surface area contributed by atoms with Crippen molar-refractivity contribution in [1.29, 1.82) is 0 Å². The van der Waals surface area contributed by atoms with Crippen molar-refractivity contribution in [2.45, 2.75) is 12.8 Å². The molecular weight excluding hydrogens is 226 g/mol. The fourth-order valence-electron chi connectivity index (χ4n) is 2.30. The van der Waals surface area contributed by atoms with Crippen LogP contribution in [0.2, 0.25) is 0 Å². The average molecular weight is 239 g/mol. The maximum atomic E-state index is 12.1. The van der Waals surface area contributed by atoms with Gasteiger partial charge in [-0.25, -0.2) is 0 Å². The lowest BCUT2D eigenvalue weighted by atomic mass is 10.1. The maximum absolute atomic E-state index is 12.1. The van der Waals surface area contributed by atoms with Gasteiger partial charge < -0.3 is 5.11 Å². The van der Waals surface area contributed by atoms with Crippen LogP contribution < -0.4 is 4.90 Å². The Morgan fingerprint density at radius 3 is 2.72 bits per heavy atom. The zero-order valence-corrected chi connectivity index (χ0v) is 9.84. The van der Waals surface area contributed by atoms with Gasteiger partial charge >= 0.3 is 0 Å². The van der Waals surface area contributed by atoms with Crippen LogP contribution in [0.3, 0.4) is 0 Å². The van der Waals surface area contributed by atoms with Crippen molar-refractivity contribution in [3.63, 3.8) is 0 Å². The van der Waals surface area contributed by atoms with Crippen LogP contribution in [-0.2, 0) is 4.79 Å². The third kappa shape index (κ3) is 1.74. The first kappa shape index (κ1) is 10.8. The topological polar surface area (TPSA) is 40.5 Å². The molecule has 1 aromatic rings. The largest absolute Gasteiger partial charge is 0.508 e. The van der Waals surface area contributed by atoms with E-state index in [1.165, 1.54) is 0 Å². The highest BCUT2D eigenvalue weighted by atomic mass is 16.3. The lowest BCUT2D eigenvalue weighted by Crippen LogP contribution is -2.22. The van der Waals surface area contributed by atoms with Crippen LogP contribution in [0.1, 0.15) is 12.8 Å². The van der Waals surface area contributed by atoms with E-state index in [4.69, 9.17) is 0 Å². The second-order valence-electron chi connectivity index (χ2n) is 4.37. The Morgan fingerprint density at radius 1 is 1.17 bits per heavy atom. The molecule has 1 fully saturated rings. The van der Waals surface area contributed by atoms with Crippen molar-refractivity contribution in [2.24, 2.45) is 0 Å². The Labute approximate surface area is 105 Å². The summed E-state index contributed by atoms with van der Waals surface area (Å²) in [6, 6.07) is 6.70.